The molecule has 7 rings (SSSR count). The molecule has 0 unspecified atom stereocenters. The van der Waals surface area contributed by atoms with Crippen LogP contribution in [0.25, 0.3) is 27.6 Å². The molecule has 0 aromatic carbocycles. The number of halogens is 1. The van der Waals surface area contributed by atoms with Gasteiger partial charge in [0, 0.05) is 40.0 Å². The van der Waals surface area contributed by atoms with Gasteiger partial charge in [-0.25, -0.2) is 9.97 Å². The van der Waals surface area contributed by atoms with Crippen LogP contribution < -0.4 is 0 Å². The number of fused-ring (bicyclic) bond motifs is 2. The van der Waals surface area contributed by atoms with Crippen LogP contribution >= 0.6 is 15.9 Å². The Bertz CT molecular complexity index is 1490. The Morgan fingerprint density at radius 3 is 1.86 bits per heavy atom. The molecule has 4 aromatic heterocycles. The minimum atomic E-state index is -0.198. The number of nitrogens with zero attached hydrogens (tertiary/aromatic N) is 2. The van der Waals surface area contributed by atoms with E-state index >= 15 is 0 Å². The highest BCUT2D eigenvalue weighted by molar-refractivity contribution is 9.10. The van der Waals surface area contributed by atoms with Gasteiger partial charge in [0.1, 0.15) is 11.3 Å². The molecule has 2 N–H and O–H groups in total. The Balaban J connectivity index is 0.000000222. The van der Waals surface area contributed by atoms with E-state index in [1.807, 2.05) is 30.7 Å². The predicted molar refractivity (Wildman–Crippen MR) is 189 cm³/mol. The van der Waals surface area contributed by atoms with Crippen LogP contribution in [-0.2, 0) is 9.31 Å². The molecule has 4 aromatic rings. The molecule has 234 valence electrons. The Morgan fingerprint density at radius 1 is 0.744 bits per heavy atom. The quantitative estimate of drug-likeness (QED) is 0.212. The summed E-state index contributed by atoms with van der Waals surface area (Å²) in [6, 6.07) is 8.33. The minimum Gasteiger partial charge on any atom is -0.400 e. The molecule has 0 saturated carbocycles. The fourth-order valence-corrected chi connectivity index (χ4v) is 5.55. The first-order valence-electron chi connectivity index (χ1n) is 14.5. The molecule has 43 heavy (non-hydrogen) atoms. The van der Waals surface area contributed by atoms with E-state index in [0.717, 1.165) is 27.6 Å². The maximum atomic E-state index is 6.01. The van der Waals surface area contributed by atoms with Gasteiger partial charge in [0.05, 0.1) is 11.2 Å². The first-order valence-corrected chi connectivity index (χ1v) is 15.3. The first-order chi connectivity index (χ1) is 19.2. The highest BCUT2D eigenvalue weighted by Gasteiger charge is 2.52. The van der Waals surface area contributed by atoms with Gasteiger partial charge >= 0.3 is 7.12 Å². The summed E-state index contributed by atoms with van der Waals surface area (Å²) in [5, 5.41) is 2.34. The zero-order valence-corrected chi connectivity index (χ0v) is 25.7. The lowest BCUT2D eigenvalue weighted by Crippen LogP contribution is -2.41. The molecule has 1 saturated heterocycles. The van der Waals surface area contributed by atoms with E-state index in [2.05, 4.69) is 87.8 Å². The monoisotopic (exact) mass is 650 g/mol. The van der Waals surface area contributed by atoms with Crippen LogP contribution in [0, 0.1) is 0 Å². The number of hydrogen-bond acceptors (Lipinski definition) is 4. The van der Waals surface area contributed by atoms with Gasteiger partial charge < -0.3 is 19.3 Å². The molecule has 1 fully saturated rings. The molecule has 6 nitrogen and oxygen atoms in total. The van der Waals surface area contributed by atoms with Gasteiger partial charge in [-0.1, -0.05) is 34.4 Å². The number of H-pyrrole nitrogens is 2. The summed E-state index contributed by atoms with van der Waals surface area (Å²) >= 11 is 3.34. The van der Waals surface area contributed by atoms with E-state index in [9.17, 15) is 0 Å². The third-order valence-electron chi connectivity index (χ3n) is 8.31. The molecule has 8 heteroatoms. The standard InChI is InChI=1S/C13H14N2.C12H21BO2.C7H5BrN2.3CH4/c1-2-4-10(5-3-1)12-8-11-6-7-14-13(11)15-9-12;1-11(2)12(3,4)15-13(14-11)10-8-6-5-7-9-10;8-6-3-5-1-2-9-7(5)10-4-6;;;/h4,6-9H,1-3,5H2,(H,14,15);8H,5-7,9H2,1-4H3;1-4H,(H,9,10);3*1H4. The van der Waals surface area contributed by atoms with Crippen LogP contribution in [0.1, 0.15) is 107 Å². The average molecular weight is 652 g/mol. The topological polar surface area (TPSA) is 75.8 Å². The lowest BCUT2D eigenvalue weighted by atomic mass is 9.73. The van der Waals surface area contributed by atoms with Crippen molar-refractivity contribution in [3.8, 4) is 0 Å². The van der Waals surface area contributed by atoms with Gasteiger partial charge in [-0.2, -0.15) is 0 Å². The molecule has 0 spiro atoms. The molecule has 5 heterocycles. The Morgan fingerprint density at radius 2 is 1.30 bits per heavy atom. The number of hydrogen-bond donors (Lipinski definition) is 2. The third-order valence-corrected chi connectivity index (χ3v) is 8.74. The van der Waals surface area contributed by atoms with Crippen LogP contribution in [0.2, 0.25) is 0 Å². The summed E-state index contributed by atoms with van der Waals surface area (Å²) < 4.78 is 13.0. The van der Waals surface area contributed by atoms with Crippen molar-refractivity contribution in [1.29, 1.82) is 0 Å². The molecule has 0 atom stereocenters. The van der Waals surface area contributed by atoms with Crippen LogP contribution in [0.5, 0.6) is 0 Å². The van der Waals surface area contributed by atoms with Crippen molar-refractivity contribution in [1.82, 2.24) is 19.9 Å². The lowest BCUT2D eigenvalue weighted by Gasteiger charge is -2.32. The Kier molecular flexibility index (Phi) is 13.5. The largest absolute Gasteiger partial charge is 0.490 e. The van der Waals surface area contributed by atoms with Crippen LogP contribution in [0.3, 0.4) is 0 Å². The van der Waals surface area contributed by atoms with Gasteiger partial charge in [-0.3, -0.25) is 0 Å². The minimum absolute atomic E-state index is 0. The SMILES string of the molecule is Brc1cnc2[nH]ccc2c1.C.C.C.C1=C(c2cnc3[nH]ccc3c2)CCCC1.CC1(C)OB(C2=CCCCC2)OC1(C)C. The number of aromatic amines is 2. The molecule has 0 amide bonds. The van der Waals surface area contributed by atoms with Crippen LogP contribution in [0.4, 0.5) is 0 Å². The van der Waals surface area contributed by atoms with Gasteiger partial charge in [-0.15, -0.1) is 0 Å². The van der Waals surface area contributed by atoms with Gasteiger partial charge in [0.15, 0.2) is 0 Å². The summed E-state index contributed by atoms with van der Waals surface area (Å²) in [7, 11) is -0.102. The highest BCUT2D eigenvalue weighted by atomic mass is 79.9. The third kappa shape index (κ3) is 8.93. The Labute approximate surface area is 268 Å². The highest BCUT2D eigenvalue weighted by Crippen LogP contribution is 2.40. The van der Waals surface area contributed by atoms with Gasteiger partial charge in [0.2, 0.25) is 0 Å². The van der Waals surface area contributed by atoms with E-state index in [1.54, 1.807) is 6.20 Å². The summed E-state index contributed by atoms with van der Waals surface area (Å²) in [4.78, 5) is 14.7. The second-order valence-corrected chi connectivity index (χ2v) is 12.7. The molecule has 1 aliphatic heterocycles. The van der Waals surface area contributed by atoms with E-state index < -0.39 is 0 Å². The number of pyridine rings is 2. The summed E-state index contributed by atoms with van der Waals surface area (Å²) in [6.07, 6.45) is 22.2. The predicted octanol–water partition coefficient (Wildman–Crippen LogP) is 10.9. The molecule has 3 aliphatic rings. The summed E-state index contributed by atoms with van der Waals surface area (Å²) in [5.74, 6) is 0. The number of allylic oxidation sites excluding steroid dienone is 4. The van der Waals surface area contributed by atoms with Crippen molar-refractivity contribution >= 4 is 50.7 Å². The summed E-state index contributed by atoms with van der Waals surface area (Å²) in [5.41, 5.74) is 5.63. The zero-order valence-electron chi connectivity index (χ0n) is 24.1. The van der Waals surface area contributed by atoms with Gasteiger partial charge in [0.25, 0.3) is 0 Å². The molecular weight excluding hydrogens is 599 g/mol. The van der Waals surface area contributed by atoms with Crippen molar-refractivity contribution in [3.05, 3.63) is 76.7 Å². The number of nitrogens with one attached hydrogen (secondary N) is 2. The van der Waals surface area contributed by atoms with Crippen LogP contribution in [0.15, 0.2) is 71.2 Å². The van der Waals surface area contributed by atoms with Crippen molar-refractivity contribution in [3.63, 3.8) is 0 Å². The van der Waals surface area contributed by atoms with Crippen molar-refractivity contribution in [2.45, 2.75) is 113 Å². The smallest absolute Gasteiger partial charge is 0.400 e. The second kappa shape index (κ2) is 15.9. The number of rotatable bonds is 2. The maximum absolute atomic E-state index is 6.01. The fraction of sp³-hybridized carbons (Fsp3) is 0.486. The van der Waals surface area contributed by atoms with E-state index in [0.29, 0.717) is 0 Å². The second-order valence-electron chi connectivity index (χ2n) is 11.8. The average Bonchev–Trinajstić information content (AvgIpc) is 3.67. The maximum Gasteiger partial charge on any atom is 0.490 e. The normalized spacial score (nSPS) is 18.4. The van der Waals surface area contributed by atoms with Crippen molar-refractivity contribution < 1.29 is 9.31 Å². The van der Waals surface area contributed by atoms with E-state index in [4.69, 9.17) is 9.31 Å². The molecular formula is C35H52BBrN4O2. The molecule has 0 bridgehead atoms. The van der Waals surface area contributed by atoms with Crippen molar-refractivity contribution in [2.24, 2.45) is 0 Å². The zero-order chi connectivity index (χ0) is 28.2. The lowest BCUT2D eigenvalue weighted by molar-refractivity contribution is 0.00578. The summed E-state index contributed by atoms with van der Waals surface area (Å²) in [6.45, 7) is 8.43. The molecule has 0 radical (unpaired) electrons. The van der Waals surface area contributed by atoms with E-state index in [1.165, 1.54) is 66.9 Å². The number of aromatic nitrogens is 4. The first kappa shape index (κ1) is 36.5. The molecule has 2 aliphatic carbocycles. The van der Waals surface area contributed by atoms with Crippen molar-refractivity contribution in [2.75, 3.05) is 0 Å². The van der Waals surface area contributed by atoms with Gasteiger partial charge in [-0.05, 0) is 136 Å². The van der Waals surface area contributed by atoms with E-state index in [-0.39, 0.29) is 40.6 Å². The fourth-order valence-electron chi connectivity index (χ4n) is 5.20. The Hall–Kier alpha value is -2.68. The van der Waals surface area contributed by atoms with Crippen LogP contribution in [-0.4, -0.2) is 38.3 Å².